The van der Waals surface area contributed by atoms with Gasteiger partial charge in [0.15, 0.2) is 0 Å². The topological polar surface area (TPSA) is 71.7 Å². The molecule has 2 aliphatic rings. The summed E-state index contributed by atoms with van der Waals surface area (Å²) in [5.41, 5.74) is 3.84. The third-order valence-corrected chi connectivity index (χ3v) is 7.11. The molecule has 1 saturated heterocycles. The molecule has 4 rings (SSSR count). The predicted octanol–water partition coefficient (Wildman–Crippen LogP) is 3.62. The quantitative estimate of drug-likeness (QED) is 0.558. The monoisotopic (exact) mass is 487 g/mol. The molecule has 1 aromatic carbocycles. The van der Waals surface area contributed by atoms with Crippen LogP contribution in [0.2, 0.25) is 0 Å². The van der Waals surface area contributed by atoms with E-state index >= 15 is 0 Å². The van der Waals surface area contributed by atoms with Gasteiger partial charge in [0.2, 0.25) is 5.91 Å². The number of nitrogens with one attached hydrogen (secondary N) is 2. The van der Waals surface area contributed by atoms with Crippen molar-refractivity contribution in [2.24, 2.45) is 5.92 Å². The van der Waals surface area contributed by atoms with Gasteiger partial charge in [-0.2, -0.15) is 0 Å². The van der Waals surface area contributed by atoms with Crippen LogP contribution in [0, 0.1) is 5.92 Å². The second kappa shape index (κ2) is 11.4. The number of aromatic nitrogens is 1. The average molecular weight is 488 g/mol. The lowest BCUT2D eigenvalue weighted by Gasteiger charge is -2.47. The first-order chi connectivity index (χ1) is 15.9. The van der Waals surface area contributed by atoms with E-state index in [2.05, 4.69) is 51.1 Å². The van der Waals surface area contributed by atoms with Crippen LogP contribution in [0.1, 0.15) is 36.8 Å². The molecule has 0 saturated carbocycles. The molecule has 2 heterocycles. The zero-order chi connectivity index (χ0) is 23.5. The molecule has 0 bridgehead atoms. The summed E-state index contributed by atoms with van der Waals surface area (Å²) in [7, 11) is 4.01. The number of aromatic amines is 1. The predicted molar refractivity (Wildman–Crippen MR) is 140 cm³/mol. The van der Waals surface area contributed by atoms with Crippen molar-refractivity contribution >= 4 is 35.2 Å². The van der Waals surface area contributed by atoms with Crippen molar-refractivity contribution in [1.29, 1.82) is 0 Å². The summed E-state index contributed by atoms with van der Waals surface area (Å²) in [6, 6.07) is 6.50. The molecule has 8 heteroatoms. The highest BCUT2D eigenvalue weighted by Gasteiger charge is 2.43. The molecule has 186 valence electrons. The number of fused-ring (bicyclic) bond motifs is 2. The Kier molecular flexibility index (Phi) is 8.79. The van der Waals surface area contributed by atoms with E-state index in [-0.39, 0.29) is 36.2 Å². The van der Waals surface area contributed by atoms with Gasteiger partial charge in [-0.25, -0.2) is 4.79 Å². The fraction of sp³-hybridized carbons (Fsp3) is 0.538. The Morgan fingerprint density at radius 1 is 1.29 bits per heavy atom. The number of carbonyl (C=O) groups excluding carboxylic acids is 2. The zero-order valence-electron chi connectivity index (χ0n) is 20.5. The number of piperidine rings is 1. The lowest BCUT2D eigenvalue weighted by Crippen LogP contribution is -2.55. The van der Waals surface area contributed by atoms with E-state index in [1.54, 1.807) is 0 Å². The molecule has 2 N–H and O–H groups in total. The molecular formula is C26H38ClN5O2. The summed E-state index contributed by atoms with van der Waals surface area (Å²) < 4.78 is 0. The average Bonchev–Trinajstić information content (AvgIpc) is 3.21. The highest BCUT2D eigenvalue weighted by molar-refractivity contribution is 5.96. The zero-order valence-corrected chi connectivity index (χ0v) is 21.4. The van der Waals surface area contributed by atoms with Crippen molar-refractivity contribution < 1.29 is 9.59 Å². The number of nitrogens with zero attached hydrogens (tertiary/aromatic N) is 3. The van der Waals surface area contributed by atoms with Crippen molar-refractivity contribution in [2.45, 2.75) is 38.1 Å². The first-order valence-electron chi connectivity index (χ1n) is 12.1. The summed E-state index contributed by atoms with van der Waals surface area (Å²) in [6.45, 7) is 9.02. The minimum absolute atomic E-state index is 0. The molecule has 0 spiro atoms. The van der Waals surface area contributed by atoms with Gasteiger partial charge in [0.1, 0.15) is 0 Å². The Labute approximate surface area is 208 Å². The number of benzene rings is 1. The summed E-state index contributed by atoms with van der Waals surface area (Å²) in [6.07, 6.45) is 6.56. The molecule has 1 aliphatic carbocycles. The first-order valence-corrected chi connectivity index (χ1v) is 12.1. The van der Waals surface area contributed by atoms with E-state index in [0.717, 1.165) is 37.9 Å². The number of urea groups is 1. The molecule has 1 aliphatic heterocycles. The standard InChI is InChI=1S/C26H37N5O2.ClH/c1-5-11-30-17-19(25(32)31(26(33)27-6-2)13-8-12-29(3)4)14-21-20-9-7-10-22-24(20)18(16-28-22)15-23(21)30;/h5,7,9-10,16,19,21,23,28H,1,6,8,11-15,17H2,2-4H3,(H,27,33);1H. The van der Waals surface area contributed by atoms with Crippen LogP contribution >= 0.6 is 12.4 Å². The number of hydrogen-bond acceptors (Lipinski definition) is 4. The summed E-state index contributed by atoms with van der Waals surface area (Å²) >= 11 is 0. The Hall–Kier alpha value is -2.35. The Morgan fingerprint density at radius 2 is 2.09 bits per heavy atom. The maximum Gasteiger partial charge on any atom is 0.324 e. The molecule has 7 nitrogen and oxygen atoms in total. The van der Waals surface area contributed by atoms with Crippen LogP contribution < -0.4 is 5.32 Å². The summed E-state index contributed by atoms with van der Waals surface area (Å²) in [4.78, 5) is 35.9. The van der Waals surface area contributed by atoms with Crippen LogP contribution in [-0.2, 0) is 11.2 Å². The number of hydrogen-bond donors (Lipinski definition) is 2. The van der Waals surface area contributed by atoms with Gasteiger partial charge in [0, 0.05) is 55.2 Å². The SMILES string of the molecule is C=CCN1CC(C(=O)N(CCCN(C)C)C(=O)NCC)CC2c3cccc4[nH]cc(c34)CC21.Cl. The van der Waals surface area contributed by atoms with Crippen molar-refractivity contribution in [1.82, 2.24) is 25.0 Å². The maximum absolute atomic E-state index is 13.7. The number of H-pyrrole nitrogens is 1. The van der Waals surface area contributed by atoms with Crippen molar-refractivity contribution in [3.05, 3.63) is 48.2 Å². The number of halogens is 1. The molecule has 2 aromatic rings. The number of carbonyl (C=O) groups is 2. The number of likely N-dealkylation sites (tertiary alicyclic amines) is 1. The van der Waals surface area contributed by atoms with Crippen LogP contribution in [0.15, 0.2) is 37.1 Å². The fourth-order valence-corrected chi connectivity index (χ4v) is 5.68. The fourth-order valence-electron chi connectivity index (χ4n) is 5.68. The normalized spacial score (nSPS) is 21.6. The second-order valence-corrected chi connectivity index (χ2v) is 9.62. The largest absolute Gasteiger partial charge is 0.361 e. The third kappa shape index (κ3) is 5.16. The molecule has 1 aromatic heterocycles. The first kappa shape index (κ1) is 26.3. The molecule has 3 atom stereocenters. The van der Waals surface area contributed by atoms with E-state index < -0.39 is 0 Å². The van der Waals surface area contributed by atoms with Gasteiger partial charge >= 0.3 is 6.03 Å². The number of imide groups is 1. The molecule has 3 unspecified atom stereocenters. The molecule has 34 heavy (non-hydrogen) atoms. The van der Waals surface area contributed by atoms with E-state index in [0.29, 0.717) is 25.7 Å². The van der Waals surface area contributed by atoms with E-state index in [9.17, 15) is 9.59 Å². The maximum atomic E-state index is 13.7. The lowest BCUT2D eigenvalue weighted by molar-refractivity contribution is -0.135. The summed E-state index contributed by atoms with van der Waals surface area (Å²) in [5.74, 6) is -0.0133. The van der Waals surface area contributed by atoms with Crippen molar-refractivity contribution in [3.8, 4) is 0 Å². The highest BCUT2D eigenvalue weighted by atomic mass is 35.5. The van der Waals surface area contributed by atoms with Crippen LogP contribution in [0.3, 0.4) is 0 Å². The van der Waals surface area contributed by atoms with Gasteiger partial charge in [0.25, 0.3) is 0 Å². The number of rotatable bonds is 8. The van der Waals surface area contributed by atoms with Crippen LogP contribution in [-0.4, -0.2) is 84.5 Å². The summed E-state index contributed by atoms with van der Waals surface area (Å²) in [5, 5.41) is 4.16. The lowest BCUT2D eigenvalue weighted by atomic mass is 9.72. The van der Waals surface area contributed by atoms with E-state index in [4.69, 9.17) is 0 Å². The molecule has 3 amide bonds. The minimum atomic E-state index is -0.280. The Bertz CT molecular complexity index is 1020. The number of amides is 3. The van der Waals surface area contributed by atoms with Crippen molar-refractivity contribution in [3.63, 3.8) is 0 Å². The van der Waals surface area contributed by atoms with Gasteiger partial charge in [-0.3, -0.25) is 14.6 Å². The second-order valence-electron chi connectivity index (χ2n) is 9.62. The van der Waals surface area contributed by atoms with Crippen LogP contribution in [0.25, 0.3) is 10.9 Å². The van der Waals surface area contributed by atoms with Crippen LogP contribution in [0.5, 0.6) is 0 Å². The molecular weight excluding hydrogens is 450 g/mol. The van der Waals surface area contributed by atoms with Gasteiger partial charge < -0.3 is 15.2 Å². The highest BCUT2D eigenvalue weighted by Crippen LogP contribution is 2.45. The Balaban J connectivity index is 0.00000324. The van der Waals surface area contributed by atoms with Gasteiger partial charge in [0.05, 0.1) is 5.92 Å². The van der Waals surface area contributed by atoms with Gasteiger partial charge in [-0.15, -0.1) is 19.0 Å². The van der Waals surface area contributed by atoms with E-state index in [1.807, 2.05) is 27.1 Å². The third-order valence-electron chi connectivity index (χ3n) is 7.11. The van der Waals surface area contributed by atoms with E-state index in [1.165, 1.54) is 21.4 Å². The molecule has 0 radical (unpaired) electrons. The smallest absolute Gasteiger partial charge is 0.324 e. The van der Waals surface area contributed by atoms with Crippen LogP contribution in [0.4, 0.5) is 4.79 Å². The van der Waals surface area contributed by atoms with Gasteiger partial charge in [-0.1, -0.05) is 18.2 Å². The minimum Gasteiger partial charge on any atom is -0.361 e. The Morgan fingerprint density at radius 3 is 2.79 bits per heavy atom. The van der Waals surface area contributed by atoms with Gasteiger partial charge in [-0.05, 0) is 64.0 Å². The van der Waals surface area contributed by atoms with Crippen molar-refractivity contribution in [2.75, 3.05) is 46.8 Å². The molecule has 1 fully saturated rings.